The van der Waals surface area contributed by atoms with Crippen molar-refractivity contribution < 1.29 is 19.1 Å². The molecule has 0 aliphatic carbocycles. The summed E-state index contributed by atoms with van der Waals surface area (Å²) in [6.07, 6.45) is 2.50. The third-order valence-electron chi connectivity index (χ3n) is 6.28. The van der Waals surface area contributed by atoms with Gasteiger partial charge in [-0.15, -0.1) is 0 Å². The predicted octanol–water partition coefficient (Wildman–Crippen LogP) is 2.88. The van der Waals surface area contributed by atoms with Gasteiger partial charge in [-0.05, 0) is 29.5 Å². The topological polar surface area (TPSA) is 80.6 Å². The van der Waals surface area contributed by atoms with Crippen molar-refractivity contribution in [1.29, 1.82) is 0 Å². The summed E-state index contributed by atoms with van der Waals surface area (Å²) in [4.78, 5) is 40.5. The number of methoxy groups -OCH3 is 1. The molecule has 1 unspecified atom stereocenters. The Morgan fingerprint density at radius 3 is 2.58 bits per heavy atom. The third-order valence-corrected chi connectivity index (χ3v) is 6.28. The number of fused-ring (bicyclic) bond motifs is 1. The highest BCUT2D eigenvalue weighted by Gasteiger charge is 2.53. The number of carbonyl (C=O) groups is 3. The highest BCUT2D eigenvalue weighted by molar-refractivity contribution is 6.10. The van der Waals surface area contributed by atoms with E-state index < -0.39 is 5.41 Å². The smallest absolute Gasteiger partial charge is 0.240 e. The fourth-order valence-corrected chi connectivity index (χ4v) is 4.60. The number of benzene rings is 2. The molecule has 2 aromatic carbocycles. The monoisotopic (exact) mass is 447 g/mol. The summed E-state index contributed by atoms with van der Waals surface area (Å²) in [5.74, 6) is -0.789. The van der Waals surface area contributed by atoms with Crippen LogP contribution in [-0.2, 0) is 31.1 Å². The summed E-state index contributed by atoms with van der Waals surface area (Å²) in [5.41, 5.74) is 0.634. The first-order valence-electron chi connectivity index (χ1n) is 11.2. The van der Waals surface area contributed by atoms with E-state index in [2.05, 4.69) is 16.0 Å². The van der Waals surface area contributed by atoms with E-state index in [4.69, 9.17) is 4.74 Å². The SMILES string of the molecule is COCCCN1C(=O)CC(CC(=O)NCCn2ccc3ccccc32)(c2ccccc2)C1=O. The number of likely N-dealkylation sites (tertiary alicyclic amines) is 1. The Kier molecular flexibility index (Phi) is 6.89. The number of carbonyl (C=O) groups excluding carboxylic acids is 3. The molecule has 1 aliphatic heterocycles. The molecule has 0 radical (unpaired) electrons. The van der Waals surface area contributed by atoms with Gasteiger partial charge < -0.3 is 14.6 Å². The second kappa shape index (κ2) is 10.0. The number of amides is 3. The van der Waals surface area contributed by atoms with Crippen LogP contribution in [0.1, 0.15) is 24.8 Å². The van der Waals surface area contributed by atoms with Crippen molar-refractivity contribution in [3.8, 4) is 0 Å². The van der Waals surface area contributed by atoms with Crippen LogP contribution in [0.25, 0.3) is 10.9 Å². The normalized spacial score (nSPS) is 18.3. The van der Waals surface area contributed by atoms with Crippen LogP contribution < -0.4 is 5.32 Å². The Balaban J connectivity index is 1.46. The van der Waals surface area contributed by atoms with E-state index in [1.54, 1.807) is 7.11 Å². The minimum Gasteiger partial charge on any atom is -0.385 e. The molecule has 7 nitrogen and oxygen atoms in total. The lowest BCUT2D eigenvalue weighted by atomic mass is 9.75. The molecule has 0 bridgehead atoms. The minimum absolute atomic E-state index is 0.00150. The predicted molar refractivity (Wildman–Crippen MR) is 126 cm³/mol. The van der Waals surface area contributed by atoms with Gasteiger partial charge in [-0.3, -0.25) is 19.3 Å². The number of imide groups is 1. The Morgan fingerprint density at radius 1 is 1.03 bits per heavy atom. The van der Waals surface area contributed by atoms with Crippen molar-refractivity contribution in [3.63, 3.8) is 0 Å². The molecule has 33 heavy (non-hydrogen) atoms. The first-order valence-corrected chi connectivity index (χ1v) is 11.2. The summed E-state index contributed by atoms with van der Waals surface area (Å²) in [6.45, 7) is 1.81. The second-order valence-corrected chi connectivity index (χ2v) is 8.42. The van der Waals surface area contributed by atoms with E-state index in [9.17, 15) is 14.4 Å². The van der Waals surface area contributed by atoms with Crippen LogP contribution in [0.3, 0.4) is 0 Å². The van der Waals surface area contributed by atoms with Crippen molar-refractivity contribution in [2.24, 2.45) is 0 Å². The number of hydrogen-bond donors (Lipinski definition) is 1. The molecule has 0 saturated carbocycles. The standard InChI is InChI=1S/C26H29N3O4/c1-33-17-7-14-29-24(31)19-26(25(29)32,21-9-3-2-4-10-21)18-23(30)27-13-16-28-15-12-20-8-5-6-11-22(20)28/h2-6,8-12,15H,7,13-14,16-19H2,1H3,(H,27,30). The third kappa shape index (κ3) is 4.68. The van der Waals surface area contributed by atoms with Gasteiger partial charge in [0.2, 0.25) is 17.7 Å². The van der Waals surface area contributed by atoms with E-state index in [1.807, 2.05) is 60.8 Å². The lowest BCUT2D eigenvalue weighted by Crippen LogP contribution is -2.43. The van der Waals surface area contributed by atoms with Gasteiger partial charge >= 0.3 is 0 Å². The van der Waals surface area contributed by atoms with Gasteiger partial charge in [0.15, 0.2) is 0 Å². The van der Waals surface area contributed by atoms with Crippen LogP contribution in [0.2, 0.25) is 0 Å². The van der Waals surface area contributed by atoms with Crippen LogP contribution in [0.15, 0.2) is 66.9 Å². The van der Waals surface area contributed by atoms with Gasteiger partial charge in [-0.1, -0.05) is 48.5 Å². The molecule has 7 heteroatoms. The maximum Gasteiger partial charge on any atom is 0.240 e. The van der Waals surface area contributed by atoms with Crippen LogP contribution >= 0.6 is 0 Å². The molecule has 1 N–H and O–H groups in total. The van der Waals surface area contributed by atoms with E-state index in [1.165, 1.54) is 4.90 Å². The highest BCUT2D eigenvalue weighted by atomic mass is 16.5. The van der Waals surface area contributed by atoms with Gasteiger partial charge in [-0.2, -0.15) is 0 Å². The lowest BCUT2D eigenvalue weighted by molar-refractivity contribution is -0.141. The fraction of sp³-hybridized carbons (Fsp3) is 0.346. The van der Waals surface area contributed by atoms with Crippen LogP contribution in [0, 0.1) is 0 Å². The van der Waals surface area contributed by atoms with E-state index in [-0.39, 0.29) is 30.6 Å². The number of aromatic nitrogens is 1. The van der Waals surface area contributed by atoms with E-state index in [0.29, 0.717) is 38.2 Å². The van der Waals surface area contributed by atoms with Crippen molar-refractivity contribution in [1.82, 2.24) is 14.8 Å². The molecule has 2 heterocycles. The quantitative estimate of drug-likeness (QED) is 0.383. The average molecular weight is 448 g/mol. The number of ether oxygens (including phenoxy) is 1. The average Bonchev–Trinajstić information content (AvgIpc) is 3.34. The highest BCUT2D eigenvalue weighted by Crippen LogP contribution is 2.39. The number of para-hydroxylation sites is 1. The molecule has 3 aromatic rings. The van der Waals surface area contributed by atoms with Gasteiger partial charge in [0.25, 0.3) is 0 Å². The van der Waals surface area contributed by atoms with Crippen LogP contribution in [0.5, 0.6) is 0 Å². The second-order valence-electron chi connectivity index (χ2n) is 8.42. The zero-order valence-corrected chi connectivity index (χ0v) is 18.8. The molecule has 1 fully saturated rings. The first kappa shape index (κ1) is 22.7. The fourth-order valence-electron chi connectivity index (χ4n) is 4.60. The Hall–Kier alpha value is -3.45. The molecule has 1 atom stereocenters. The molecule has 0 spiro atoms. The lowest BCUT2D eigenvalue weighted by Gasteiger charge is -2.27. The molecule has 3 amide bonds. The molecule has 1 saturated heterocycles. The minimum atomic E-state index is -1.17. The van der Waals surface area contributed by atoms with E-state index >= 15 is 0 Å². The number of hydrogen-bond acceptors (Lipinski definition) is 4. The van der Waals surface area contributed by atoms with Gasteiger partial charge in [-0.25, -0.2) is 0 Å². The van der Waals surface area contributed by atoms with Crippen molar-refractivity contribution in [3.05, 3.63) is 72.4 Å². The summed E-state index contributed by atoms with van der Waals surface area (Å²) in [6, 6.07) is 19.3. The van der Waals surface area contributed by atoms with E-state index in [0.717, 1.165) is 10.9 Å². The summed E-state index contributed by atoms with van der Waals surface area (Å²) < 4.78 is 7.15. The first-order chi connectivity index (χ1) is 16.0. The Morgan fingerprint density at radius 2 is 1.79 bits per heavy atom. The van der Waals surface area contributed by atoms with Crippen LogP contribution in [-0.4, -0.2) is 54.0 Å². The number of nitrogens with one attached hydrogen (secondary N) is 1. The largest absolute Gasteiger partial charge is 0.385 e. The van der Waals surface area contributed by atoms with Crippen molar-refractivity contribution in [2.45, 2.75) is 31.2 Å². The van der Waals surface area contributed by atoms with Gasteiger partial charge in [0, 0.05) is 57.9 Å². The maximum atomic E-state index is 13.5. The molecule has 4 rings (SSSR count). The molecule has 1 aromatic heterocycles. The summed E-state index contributed by atoms with van der Waals surface area (Å²) in [5, 5.41) is 4.10. The molecule has 172 valence electrons. The maximum absolute atomic E-state index is 13.5. The van der Waals surface area contributed by atoms with Gasteiger partial charge in [0.05, 0.1) is 5.41 Å². The Bertz CT molecular complexity index is 1140. The van der Waals surface area contributed by atoms with Crippen molar-refractivity contribution in [2.75, 3.05) is 26.8 Å². The number of nitrogens with zero attached hydrogens (tertiary/aromatic N) is 2. The molecular weight excluding hydrogens is 418 g/mol. The zero-order valence-electron chi connectivity index (χ0n) is 18.8. The summed E-state index contributed by atoms with van der Waals surface area (Å²) in [7, 11) is 1.59. The zero-order chi connectivity index (χ0) is 23.3. The Labute approximate surface area is 193 Å². The van der Waals surface area contributed by atoms with Crippen LogP contribution in [0.4, 0.5) is 0 Å². The summed E-state index contributed by atoms with van der Waals surface area (Å²) >= 11 is 0. The number of rotatable bonds is 10. The van der Waals surface area contributed by atoms with Crippen molar-refractivity contribution >= 4 is 28.6 Å². The molecular formula is C26H29N3O4. The molecule has 1 aliphatic rings. The van der Waals surface area contributed by atoms with Gasteiger partial charge in [0.1, 0.15) is 0 Å².